The van der Waals surface area contributed by atoms with Gasteiger partial charge in [0.2, 0.25) is 5.91 Å². The average Bonchev–Trinajstić information content (AvgIpc) is 1.99. The van der Waals surface area contributed by atoms with Gasteiger partial charge >= 0.3 is 6.18 Å². The lowest BCUT2D eigenvalue weighted by atomic mass is 10.2. The highest BCUT2D eigenvalue weighted by molar-refractivity contribution is 5.80. The van der Waals surface area contributed by atoms with Crippen molar-refractivity contribution in [1.29, 1.82) is 0 Å². The first-order chi connectivity index (χ1) is 6.26. The highest BCUT2D eigenvalue weighted by Gasteiger charge is 2.30. The van der Waals surface area contributed by atoms with Crippen molar-refractivity contribution in [3.63, 3.8) is 0 Å². The number of hydrogen-bond donors (Lipinski definition) is 2. The number of carbonyl (C=O) groups excluding carboxylic acids is 1. The van der Waals surface area contributed by atoms with Gasteiger partial charge in [-0.1, -0.05) is 0 Å². The monoisotopic (exact) mass is 212 g/mol. The first kappa shape index (κ1) is 13.2. The molecule has 0 aliphatic rings. The molecule has 0 spiro atoms. The smallest absolute Gasteiger partial charge is 0.358 e. The largest absolute Gasteiger partial charge is 0.390 e. The van der Waals surface area contributed by atoms with Crippen molar-refractivity contribution < 1.29 is 18.0 Å². The number of likely N-dealkylation sites (N-methyl/N-ethyl adjacent to an activating group) is 1. The van der Waals surface area contributed by atoms with E-state index in [9.17, 15) is 18.0 Å². The van der Waals surface area contributed by atoms with Crippen LogP contribution in [0.25, 0.3) is 0 Å². The fraction of sp³-hybridized carbons (Fsp3) is 0.875. The Labute approximate surface area is 81.1 Å². The number of carbonyl (C=O) groups is 1. The molecule has 84 valence electrons. The molecule has 0 aliphatic heterocycles. The molecular formula is C8H15F3N2O. The zero-order valence-electron chi connectivity index (χ0n) is 8.40. The molecule has 0 saturated carbocycles. The van der Waals surface area contributed by atoms with Crippen LogP contribution in [0.4, 0.5) is 13.2 Å². The van der Waals surface area contributed by atoms with Gasteiger partial charge in [-0.25, -0.2) is 0 Å². The second-order valence-electron chi connectivity index (χ2n) is 3.22. The first-order valence-corrected chi connectivity index (χ1v) is 4.30. The van der Waals surface area contributed by atoms with E-state index in [1.807, 2.05) is 0 Å². The van der Waals surface area contributed by atoms with Crippen molar-refractivity contribution in [3.8, 4) is 0 Å². The number of halogens is 3. The van der Waals surface area contributed by atoms with Crippen LogP contribution in [0.15, 0.2) is 0 Å². The van der Waals surface area contributed by atoms with Crippen LogP contribution in [-0.4, -0.2) is 31.2 Å². The normalized spacial score (nSPS) is 16.1. The number of rotatable bonds is 4. The Bertz CT molecular complexity index is 194. The van der Waals surface area contributed by atoms with E-state index in [1.54, 1.807) is 0 Å². The number of amides is 1. The molecule has 2 unspecified atom stereocenters. The summed E-state index contributed by atoms with van der Waals surface area (Å²) in [6.07, 6.45) is -5.14. The fourth-order valence-corrected chi connectivity index (χ4v) is 1.13. The minimum absolute atomic E-state index is 0.320. The number of nitrogens with one attached hydrogen (secondary N) is 2. The summed E-state index contributed by atoms with van der Waals surface area (Å²) in [5, 5.41) is 4.91. The molecule has 0 aromatic rings. The van der Waals surface area contributed by atoms with Crippen molar-refractivity contribution in [2.45, 2.75) is 38.5 Å². The minimum atomic E-state index is -4.20. The van der Waals surface area contributed by atoms with Crippen molar-refractivity contribution in [3.05, 3.63) is 0 Å². The minimum Gasteiger partial charge on any atom is -0.358 e. The van der Waals surface area contributed by atoms with Gasteiger partial charge < -0.3 is 10.6 Å². The van der Waals surface area contributed by atoms with E-state index in [2.05, 4.69) is 10.6 Å². The predicted molar refractivity (Wildman–Crippen MR) is 46.8 cm³/mol. The molecule has 0 aromatic heterocycles. The third-order valence-electron chi connectivity index (χ3n) is 1.71. The van der Waals surface area contributed by atoms with Gasteiger partial charge in [0.15, 0.2) is 0 Å². The molecule has 0 rings (SSSR count). The summed E-state index contributed by atoms with van der Waals surface area (Å²) in [6.45, 7) is 2.92. The van der Waals surface area contributed by atoms with Crippen LogP contribution in [0.3, 0.4) is 0 Å². The second kappa shape index (κ2) is 5.19. The lowest BCUT2D eigenvalue weighted by molar-refractivity contribution is -0.140. The maximum atomic E-state index is 11.9. The lowest BCUT2D eigenvalue weighted by Gasteiger charge is -2.19. The van der Waals surface area contributed by atoms with E-state index in [4.69, 9.17) is 0 Å². The van der Waals surface area contributed by atoms with Crippen LogP contribution < -0.4 is 10.6 Å². The lowest BCUT2D eigenvalue weighted by Crippen LogP contribution is -2.45. The van der Waals surface area contributed by atoms with Crippen LogP contribution >= 0.6 is 0 Å². The fourth-order valence-electron chi connectivity index (χ4n) is 1.13. The Balaban J connectivity index is 3.94. The summed E-state index contributed by atoms with van der Waals surface area (Å²) in [5.41, 5.74) is 0. The molecule has 14 heavy (non-hydrogen) atoms. The summed E-state index contributed by atoms with van der Waals surface area (Å²) >= 11 is 0. The van der Waals surface area contributed by atoms with Gasteiger partial charge in [-0.2, -0.15) is 13.2 Å². The number of alkyl halides is 3. The van der Waals surface area contributed by atoms with Crippen LogP contribution in [0.1, 0.15) is 20.3 Å². The Morgan fingerprint density at radius 3 is 2.21 bits per heavy atom. The summed E-state index contributed by atoms with van der Waals surface area (Å²) < 4.78 is 35.7. The third kappa shape index (κ3) is 5.80. The molecule has 0 heterocycles. The van der Waals surface area contributed by atoms with Crippen LogP contribution in [0.2, 0.25) is 0 Å². The highest BCUT2D eigenvalue weighted by atomic mass is 19.4. The summed E-state index contributed by atoms with van der Waals surface area (Å²) in [7, 11) is 1.44. The first-order valence-electron chi connectivity index (χ1n) is 4.30. The zero-order chi connectivity index (χ0) is 11.4. The molecule has 3 nitrogen and oxygen atoms in total. The molecule has 0 fully saturated rings. The SMILES string of the molecule is CNC(=O)C(C)NC(C)CC(F)(F)F. The average molecular weight is 212 g/mol. The summed E-state index contributed by atoms with van der Waals surface area (Å²) in [6, 6.07) is -1.38. The van der Waals surface area contributed by atoms with Crippen molar-refractivity contribution >= 4 is 5.91 Å². The molecule has 0 saturated heterocycles. The van der Waals surface area contributed by atoms with Crippen LogP contribution in [-0.2, 0) is 4.79 Å². The predicted octanol–water partition coefficient (Wildman–Crippen LogP) is 1.05. The standard InChI is InChI=1S/C8H15F3N2O/c1-5(4-8(9,10)11)13-6(2)7(14)12-3/h5-6,13H,4H2,1-3H3,(H,12,14). The molecular weight excluding hydrogens is 197 g/mol. The van der Waals surface area contributed by atoms with E-state index in [0.29, 0.717) is 0 Å². The molecule has 6 heteroatoms. The van der Waals surface area contributed by atoms with Gasteiger partial charge in [0.25, 0.3) is 0 Å². The van der Waals surface area contributed by atoms with Gasteiger partial charge in [0.1, 0.15) is 0 Å². The van der Waals surface area contributed by atoms with Gasteiger partial charge in [-0.15, -0.1) is 0 Å². The van der Waals surface area contributed by atoms with Gasteiger partial charge in [0.05, 0.1) is 12.5 Å². The van der Waals surface area contributed by atoms with Gasteiger partial charge in [-0.05, 0) is 13.8 Å². The quantitative estimate of drug-likeness (QED) is 0.731. The molecule has 2 atom stereocenters. The molecule has 0 radical (unpaired) electrons. The second-order valence-corrected chi connectivity index (χ2v) is 3.22. The molecule has 0 aromatic carbocycles. The Hall–Kier alpha value is -0.780. The van der Waals surface area contributed by atoms with E-state index < -0.39 is 24.7 Å². The van der Waals surface area contributed by atoms with E-state index in [1.165, 1.54) is 20.9 Å². The molecule has 0 bridgehead atoms. The number of hydrogen-bond acceptors (Lipinski definition) is 2. The van der Waals surface area contributed by atoms with Crippen molar-refractivity contribution in [2.75, 3.05) is 7.05 Å². The van der Waals surface area contributed by atoms with Crippen LogP contribution in [0, 0.1) is 0 Å². The molecule has 1 amide bonds. The Kier molecular flexibility index (Phi) is 4.90. The van der Waals surface area contributed by atoms with E-state index >= 15 is 0 Å². The Morgan fingerprint density at radius 1 is 1.36 bits per heavy atom. The summed E-state index contributed by atoms with van der Waals surface area (Å²) in [4.78, 5) is 11.0. The molecule has 0 aliphatic carbocycles. The van der Waals surface area contributed by atoms with Crippen molar-refractivity contribution in [2.24, 2.45) is 0 Å². The zero-order valence-corrected chi connectivity index (χ0v) is 8.40. The van der Waals surface area contributed by atoms with Crippen LogP contribution in [0.5, 0.6) is 0 Å². The maximum Gasteiger partial charge on any atom is 0.390 e. The van der Waals surface area contributed by atoms with Gasteiger partial charge in [0, 0.05) is 13.1 Å². The molecule has 2 N–H and O–H groups in total. The Morgan fingerprint density at radius 2 is 1.86 bits per heavy atom. The topological polar surface area (TPSA) is 41.1 Å². The van der Waals surface area contributed by atoms with Crippen molar-refractivity contribution in [1.82, 2.24) is 10.6 Å². The van der Waals surface area contributed by atoms with E-state index in [0.717, 1.165) is 0 Å². The maximum absolute atomic E-state index is 11.9. The van der Waals surface area contributed by atoms with Gasteiger partial charge in [-0.3, -0.25) is 4.79 Å². The highest BCUT2D eigenvalue weighted by Crippen LogP contribution is 2.21. The summed E-state index contributed by atoms with van der Waals surface area (Å²) in [5.74, 6) is -0.320. The third-order valence-corrected chi connectivity index (χ3v) is 1.71. The van der Waals surface area contributed by atoms with E-state index in [-0.39, 0.29) is 5.91 Å².